The maximum atomic E-state index is 12.3. The fourth-order valence-electron chi connectivity index (χ4n) is 3.17. The molecule has 1 amide bonds. The highest BCUT2D eigenvalue weighted by Crippen LogP contribution is 2.28. The van der Waals surface area contributed by atoms with Crippen LogP contribution in [0.5, 0.6) is 11.5 Å². The summed E-state index contributed by atoms with van der Waals surface area (Å²) in [6.07, 6.45) is 1.35. The smallest absolute Gasteiger partial charge is 0.275 e. The fourth-order valence-corrected chi connectivity index (χ4v) is 3.17. The number of nitrogens with one attached hydrogen (secondary N) is 1. The lowest BCUT2D eigenvalue weighted by Crippen LogP contribution is -2.18. The number of hydrazone groups is 1. The van der Waals surface area contributed by atoms with Crippen LogP contribution >= 0.6 is 0 Å². The molecule has 158 valence electrons. The SMILES string of the molecule is COc1ccccc1C(=O)N/N=C/c1cc(N=Nc2cccc3ccccc23)ccc1O. The molecule has 0 heterocycles. The number of phenols is 1. The van der Waals surface area contributed by atoms with Crippen molar-refractivity contribution in [2.24, 2.45) is 15.3 Å². The number of nitrogens with zero attached hydrogens (tertiary/aromatic N) is 3. The summed E-state index contributed by atoms with van der Waals surface area (Å²) in [6, 6.07) is 25.4. The Hall–Kier alpha value is -4.52. The standard InChI is InChI=1S/C25H20N4O3/c1-32-24-12-5-4-10-21(24)25(31)29-26-16-18-15-19(13-14-23(18)30)27-28-22-11-6-8-17-7-2-3-9-20(17)22/h2-16,30H,1H3,(H,29,31)/b26-16+,28-27?. The number of para-hydroxylation sites is 1. The first-order valence-corrected chi connectivity index (χ1v) is 9.84. The van der Waals surface area contributed by atoms with Gasteiger partial charge < -0.3 is 9.84 Å². The van der Waals surface area contributed by atoms with Gasteiger partial charge in [0, 0.05) is 10.9 Å². The number of amides is 1. The maximum absolute atomic E-state index is 12.3. The number of methoxy groups -OCH3 is 1. The van der Waals surface area contributed by atoms with Gasteiger partial charge in [-0.1, -0.05) is 48.5 Å². The van der Waals surface area contributed by atoms with E-state index in [0.29, 0.717) is 22.6 Å². The third kappa shape index (κ3) is 4.62. The second-order valence-electron chi connectivity index (χ2n) is 6.84. The summed E-state index contributed by atoms with van der Waals surface area (Å²) in [5, 5.41) is 24.8. The van der Waals surface area contributed by atoms with Crippen molar-refractivity contribution in [1.29, 1.82) is 0 Å². The Morgan fingerprint density at radius 3 is 2.59 bits per heavy atom. The van der Waals surface area contributed by atoms with Crippen LogP contribution in [0.15, 0.2) is 100 Å². The van der Waals surface area contributed by atoms with Gasteiger partial charge in [-0.3, -0.25) is 4.79 Å². The van der Waals surface area contributed by atoms with E-state index in [2.05, 4.69) is 20.8 Å². The molecule has 0 aliphatic carbocycles. The molecule has 0 bridgehead atoms. The maximum Gasteiger partial charge on any atom is 0.275 e. The van der Waals surface area contributed by atoms with Crippen LogP contribution in [0.1, 0.15) is 15.9 Å². The molecule has 0 radical (unpaired) electrons. The van der Waals surface area contributed by atoms with E-state index >= 15 is 0 Å². The molecule has 7 heteroatoms. The van der Waals surface area contributed by atoms with Gasteiger partial charge in [-0.2, -0.15) is 10.2 Å². The zero-order valence-corrected chi connectivity index (χ0v) is 17.3. The van der Waals surface area contributed by atoms with Crippen LogP contribution in [-0.2, 0) is 0 Å². The lowest BCUT2D eigenvalue weighted by molar-refractivity contribution is 0.0952. The Labute approximate surface area is 184 Å². The number of hydrogen-bond acceptors (Lipinski definition) is 6. The molecular weight excluding hydrogens is 404 g/mol. The number of carbonyl (C=O) groups excluding carboxylic acids is 1. The van der Waals surface area contributed by atoms with Crippen LogP contribution in [-0.4, -0.2) is 24.3 Å². The highest BCUT2D eigenvalue weighted by molar-refractivity contribution is 5.97. The Balaban J connectivity index is 1.51. The minimum Gasteiger partial charge on any atom is -0.507 e. The number of phenolic OH excluding ortho intramolecular Hbond substituents is 1. The number of ether oxygens (including phenoxy) is 1. The monoisotopic (exact) mass is 424 g/mol. The third-order valence-electron chi connectivity index (χ3n) is 4.77. The van der Waals surface area contributed by atoms with E-state index in [4.69, 9.17) is 4.74 Å². The number of fused-ring (bicyclic) bond motifs is 1. The summed E-state index contributed by atoms with van der Waals surface area (Å²) in [4.78, 5) is 12.3. The van der Waals surface area contributed by atoms with E-state index in [1.807, 2.05) is 42.5 Å². The van der Waals surface area contributed by atoms with Crippen molar-refractivity contribution in [3.8, 4) is 11.5 Å². The number of azo groups is 1. The molecule has 0 aliphatic heterocycles. The Kier molecular flexibility index (Phi) is 6.17. The quantitative estimate of drug-likeness (QED) is 0.235. The minimum absolute atomic E-state index is 0.00408. The van der Waals surface area contributed by atoms with E-state index in [9.17, 15) is 9.90 Å². The van der Waals surface area contributed by atoms with Crippen molar-refractivity contribution < 1.29 is 14.6 Å². The number of aromatic hydroxyl groups is 1. The first-order chi connectivity index (χ1) is 15.7. The molecule has 0 aliphatic rings. The summed E-state index contributed by atoms with van der Waals surface area (Å²) in [5.41, 5.74) is 4.46. The number of benzene rings is 4. The lowest BCUT2D eigenvalue weighted by Gasteiger charge is -2.06. The van der Waals surface area contributed by atoms with Crippen molar-refractivity contribution in [2.45, 2.75) is 0 Å². The van der Waals surface area contributed by atoms with E-state index in [-0.39, 0.29) is 5.75 Å². The predicted octanol–water partition coefficient (Wildman–Crippen LogP) is 5.73. The van der Waals surface area contributed by atoms with E-state index < -0.39 is 5.91 Å². The van der Waals surface area contributed by atoms with Gasteiger partial charge in [-0.25, -0.2) is 5.43 Å². The van der Waals surface area contributed by atoms with Gasteiger partial charge in [-0.05, 0) is 41.8 Å². The molecule has 4 aromatic carbocycles. The van der Waals surface area contributed by atoms with Crippen LogP contribution in [0.4, 0.5) is 11.4 Å². The number of carbonyl (C=O) groups is 1. The average Bonchev–Trinajstić information content (AvgIpc) is 2.84. The van der Waals surface area contributed by atoms with Crippen molar-refractivity contribution in [1.82, 2.24) is 5.43 Å². The second kappa shape index (κ2) is 9.53. The molecule has 0 saturated carbocycles. The highest BCUT2D eigenvalue weighted by Gasteiger charge is 2.10. The van der Waals surface area contributed by atoms with E-state index in [0.717, 1.165) is 16.5 Å². The zero-order valence-electron chi connectivity index (χ0n) is 17.3. The second-order valence-corrected chi connectivity index (χ2v) is 6.84. The molecule has 4 rings (SSSR count). The molecule has 7 nitrogen and oxygen atoms in total. The van der Waals surface area contributed by atoms with Crippen molar-refractivity contribution in [3.05, 3.63) is 96.1 Å². The first-order valence-electron chi connectivity index (χ1n) is 9.84. The lowest BCUT2D eigenvalue weighted by atomic mass is 10.1. The largest absolute Gasteiger partial charge is 0.507 e. The Morgan fingerprint density at radius 1 is 0.938 bits per heavy atom. The van der Waals surface area contributed by atoms with Crippen molar-refractivity contribution in [3.63, 3.8) is 0 Å². The molecule has 2 N–H and O–H groups in total. The first kappa shape index (κ1) is 20.7. The van der Waals surface area contributed by atoms with Crippen LogP contribution < -0.4 is 10.2 Å². The molecule has 0 unspecified atom stereocenters. The average molecular weight is 424 g/mol. The molecule has 0 fully saturated rings. The zero-order chi connectivity index (χ0) is 22.3. The topological polar surface area (TPSA) is 95.6 Å². The molecule has 4 aromatic rings. The van der Waals surface area contributed by atoms with Gasteiger partial charge >= 0.3 is 0 Å². The molecule has 0 atom stereocenters. The van der Waals surface area contributed by atoms with Crippen LogP contribution in [0.3, 0.4) is 0 Å². The van der Waals surface area contributed by atoms with Gasteiger partial charge in [0.2, 0.25) is 0 Å². The molecule has 32 heavy (non-hydrogen) atoms. The highest BCUT2D eigenvalue weighted by atomic mass is 16.5. The molecule has 0 spiro atoms. The van der Waals surface area contributed by atoms with Crippen LogP contribution in [0, 0.1) is 0 Å². The number of rotatable bonds is 6. The minimum atomic E-state index is -0.426. The van der Waals surface area contributed by atoms with Gasteiger partial charge in [0.05, 0.1) is 30.3 Å². The van der Waals surface area contributed by atoms with Crippen LogP contribution in [0.2, 0.25) is 0 Å². The van der Waals surface area contributed by atoms with Crippen molar-refractivity contribution >= 4 is 34.3 Å². The third-order valence-corrected chi connectivity index (χ3v) is 4.77. The summed E-state index contributed by atoms with van der Waals surface area (Å²) in [6.45, 7) is 0. The Morgan fingerprint density at radius 2 is 1.72 bits per heavy atom. The summed E-state index contributed by atoms with van der Waals surface area (Å²) in [5.74, 6) is 0.0216. The number of hydrogen-bond donors (Lipinski definition) is 2. The van der Waals surface area contributed by atoms with Gasteiger partial charge in [-0.15, -0.1) is 5.11 Å². The van der Waals surface area contributed by atoms with Gasteiger partial charge in [0.15, 0.2) is 0 Å². The summed E-state index contributed by atoms with van der Waals surface area (Å²) in [7, 11) is 1.49. The molecular formula is C25H20N4O3. The van der Waals surface area contributed by atoms with Crippen molar-refractivity contribution in [2.75, 3.05) is 7.11 Å². The fraction of sp³-hybridized carbons (Fsp3) is 0.0400. The van der Waals surface area contributed by atoms with Crippen LogP contribution in [0.25, 0.3) is 10.8 Å². The summed E-state index contributed by atoms with van der Waals surface area (Å²) >= 11 is 0. The Bertz CT molecular complexity index is 1330. The van der Waals surface area contributed by atoms with E-state index in [1.54, 1.807) is 36.4 Å². The predicted molar refractivity (Wildman–Crippen MR) is 124 cm³/mol. The summed E-state index contributed by atoms with van der Waals surface area (Å²) < 4.78 is 5.18. The molecule has 0 aromatic heterocycles. The van der Waals surface area contributed by atoms with Gasteiger partial charge in [0.25, 0.3) is 5.91 Å². The molecule has 0 saturated heterocycles. The van der Waals surface area contributed by atoms with E-state index in [1.165, 1.54) is 19.4 Å². The normalized spacial score (nSPS) is 11.3. The van der Waals surface area contributed by atoms with Gasteiger partial charge in [0.1, 0.15) is 11.5 Å².